The Morgan fingerprint density at radius 2 is 2.00 bits per heavy atom. The molecule has 0 spiro atoms. The molecule has 0 saturated heterocycles. The highest BCUT2D eigenvalue weighted by Crippen LogP contribution is 2.20. The van der Waals surface area contributed by atoms with Gasteiger partial charge in [0.1, 0.15) is 5.75 Å². The highest BCUT2D eigenvalue weighted by molar-refractivity contribution is 7.80. The molecule has 0 unspecified atom stereocenters. The molecule has 0 aliphatic heterocycles. The number of thiol groups is 1. The Labute approximate surface area is 91.9 Å². The molecule has 0 amide bonds. The van der Waals surface area contributed by atoms with Gasteiger partial charge in [0.15, 0.2) is 0 Å². The van der Waals surface area contributed by atoms with Gasteiger partial charge in [0, 0.05) is 4.90 Å². The number of hydrogen-bond acceptors (Lipinski definition) is 2. The summed E-state index contributed by atoms with van der Waals surface area (Å²) in [5, 5.41) is 0. The van der Waals surface area contributed by atoms with Crippen LogP contribution in [0.15, 0.2) is 23.1 Å². The molecule has 78 valence electrons. The highest BCUT2D eigenvalue weighted by atomic mass is 32.1. The molecular formula is C12H18OS. The highest BCUT2D eigenvalue weighted by Gasteiger charge is 1.98. The number of hydrogen-bond donors (Lipinski definition) is 1. The summed E-state index contributed by atoms with van der Waals surface area (Å²) in [6.07, 6.45) is 4.92. The van der Waals surface area contributed by atoms with Gasteiger partial charge in [-0.15, -0.1) is 12.6 Å². The van der Waals surface area contributed by atoms with Gasteiger partial charge < -0.3 is 4.74 Å². The second kappa shape index (κ2) is 5.97. The summed E-state index contributed by atoms with van der Waals surface area (Å²) in [5.74, 6) is 0.906. The van der Waals surface area contributed by atoms with E-state index in [0.29, 0.717) is 0 Å². The maximum atomic E-state index is 5.19. The van der Waals surface area contributed by atoms with Gasteiger partial charge in [-0.3, -0.25) is 0 Å². The van der Waals surface area contributed by atoms with Crippen molar-refractivity contribution in [2.24, 2.45) is 0 Å². The summed E-state index contributed by atoms with van der Waals surface area (Å²) in [4.78, 5) is 0.982. The predicted molar refractivity (Wildman–Crippen MR) is 63.5 cm³/mol. The van der Waals surface area contributed by atoms with Gasteiger partial charge in [0.25, 0.3) is 0 Å². The number of unbranched alkanes of at least 4 members (excludes halogenated alkanes) is 2. The first-order chi connectivity index (χ1) is 6.76. The van der Waals surface area contributed by atoms with Gasteiger partial charge in [0.05, 0.1) is 7.11 Å². The lowest BCUT2D eigenvalue weighted by Crippen LogP contribution is -1.89. The monoisotopic (exact) mass is 210 g/mol. The van der Waals surface area contributed by atoms with Crippen LogP contribution in [0.1, 0.15) is 31.7 Å². The molecule has 1 aromatic carbocycles. The number of methoxy groups -OCH3 is 1. The molecule has 0 radical (unpaired) electrons. The Balaban J connectivity index is 2.62. The lowest BCUT2D eigenvalue weighted by molar-refractivity contribution is 0.413. The molecular weight excluding hydrogens is 192 g/mol. The van der Waals surface area contributed by atoms with Crippen LogP contribution in [0.2, 0.25) is 0 Å². The maximum absolute atomic E-state index is 5.19. The fourth-order valence-corrected chi connectivity index (χ4v) is 1.78. The van der Waals surface area contributed by atoms with Crippen molar-refractivity contribution in [3.63, 3.8) is 0 Å². The molecule has 1 rings (SSSR count). The largest absolute Gasteiger partial charge is 0.497 e. The Morgan fingerprint density at radius 3 is 2.64 bits per heavy atom. The van der Waals surface area contributed by atoms with Crippen LogP contribution in [0.3, 0.4) is 0 Å². The number of benzene rings is 1. The summed E-state index contributed by atoms with van der Waals surface area (Å²) in [6.45, 7) is 2.22. The molecule has 0 aliphatic carbocycles. The van der Waals surface area contributed by atoms with Crippen LogP contribution in [0, 0.1) is 0 Å². The van der Waals surface area contributed by atoms with Crippen molar-refractivity contribution in [2.75, 3.05) is 7.11 Å². The third-order valence-corrected chi connectivity index (χ3v) is 2.51. The molecule has 0 aliphatic rings. The summed E-state index contributed by atoms with van der Waals surface area (Å²) in [7, 11) is 1.69. The van der Waals surface area contributed by atoms with Gasteiger partial charge >= 0.3 is 0 Å². The molecule has 1 aromatic rings. The molecule has 2 heteroatoms. The van der Waals surface area contributed by atoms with E-state index in [2.05, 4.69) is 31.7 Å². The van der Waals surface area contributed by atoms with Crippen LogP contribution >= 0.6 is 12.6 Å². The minimum Gasteiger partial charge on any atom is -0.497 e. The average Bonchev–Trinajstić information content (AvgIpc) is 2.17. The second-order valence-electron chi connectivity index (χ2n) is 3.50. The lowest BCUT2D eigenvalue weighted by atomic mass is 10.1. The summed E-state index contributed by atoms with van der Waals surface area (Å²) < 4.78 is 5.19. The molecule has 0 atom stereocenters. The van der Waals surface area contributed by atoms with Crippen LogP contribution in [0.4, 0.5) is 0 Å². The zero-order valence-electron chi connectivity index (χ0n) is 8.92. The van der Waals surface area contributed by atoms with Crippen LogP contribution in [-0.4, -0.2) is 7.11 Å². The molecule has 0 fully saturated rings. The smallest absolute Gasteiger partial charge is 0.120 e. The SMILES string of the molecule is CCCCCc1cc(S)cc(OC)c1. The van der Waals surface area contributed by atoms with Gasteiger partial charge in [-0.1, -0.05) is 19.8 Å². The Bertz CT molecular complexity index is 284. The predicted octanol–water partition coefficient (Wildman–Crippen LogP) is 3.72. The Hall–Kier alpha value is -0.630. The van der Waals surface area contributed by atoms with Crippen molar-refractivity contribution in [2.45, 2.75) is 37.5 Å². The maximum Gasteiger partial charge on any atom is 0.120 e. The second-order valence-corrected chi connectivity index (χ2v) is 4.01. The zero-order valence-corrected chi connectivity index (χ0v) is 9.81. The first-order valence-corrected chi connectivity index (χ1v) is 5.58. The molecule has 0 aromatic heterocycles. The first-order valence-electron chi connectivity index (χ1n) is 5.13. The molecule has 1 nitrogen and oxygen atoms in total. The zero-order chi connectivity index (χ0) is 10.4. The lowest BCUT2D eigenvalue weighted by Gasteiger charge is -2.05. The number of ether oxygens (including phenoxy) is 1. The number of rotatable bonds is 5. The van der Waals surface area contributed by atoms with Crippen molar-refractivity contribution >= 4 is 12.6 Å². The van der Waals surface area contributed by atoms with E-state index in [-0.39, 0.29) is 0 Å². The van der Waals surface area contributed by atoms with E-state index >= 15 is 0 Å². The standard InChI is InChI=1S/C12H18OS/c1-3-4-5-6-10-7-11(13-2)9-12(14)8-10/h7-9,14H,3-6H2,1-2H3. The minimum atomic E-state index is 0.906. The van der Waals surface area contributed by atoms with Crippen LogP contribution in [0.5, 0.6) is 5.75 Å². The van der Waals surface area contributed by atoms with Crippen molar-refractivity contribution in [1.82, 2.24) is 0 Å². The van der Waals surface area contributed by atoms with Gasteiger partial charge in [-0.05, 0) is 36.6 Å². The normalized spacial score (nSPS) is 10.2. The summed E-state index contributed by atoms with van der Waals surface area (Å²) in [5.41, 5.74) is 1.32. The van der Waals surface area contributed by atoms with Crippen LogP contribution in [-0.2, 0) is 6.42 Å². The minimum absolute atomic E-state index is 0.906. The molecule has 0 heterocycles. The number of aryl methyl sites for hydroxylation is 1. The van der Waals surface area contributed by atoms with E-state index in [1.54, 1.807) is 7.11 Å². The quantitative estimate of drug-likeness (QED) is 0.575. The molecule has 0 saturated carbocycles. The van der Waals surface area contributed by atoms with E-state index in [1.165, 1.54) is 24.8 Å². The molecule has 0 bridgehead atoms. The fraction of sp³-hybridized carbons (Fsp3) is 0.500. The van der Waals surface area contributed by atoms with E-state index in [9.17, 15) is 0 Å². The fourth-order valence-electron chi connectivity index (χ4n) is 1.48. The molecule has 14 heavy (non-hydrogen) atoms. The van der Waals surface area contributed by atoms with Gasteiger partial charge in [-0.25, -0.2) is 0 Å². The summed E-state index contributed by atoms with van der Waals surface area (Å²) in [6, 6.07) is 6.14. The Morgan fingerprint density at radius 1 is 1.21 bits per heavy atom. The van der Waals surface area contributed by atoms with Gasteiger partial charge in [0.2, 0.25) is 0 Å². The van der Waals surface area contributed by atoms with Crippen LogP contribution in [0.25, 0.3) is 0 Å². The third kappa shape index (κ3) is 3.62. The van der Waals surface area contributed by atoms with Crippen molar-refractivity contribution < 1.29 is 4.74 Å². The first kappa shape index (κ1) is 11.4. The van der Waals surface area contributed by atoms with E-state index in [0.717, 1.165) is 17.1 Å². The Kier molecular flexibility index (Phi) is 4.88. The third-order valence-electron chi connectivity index (χ3n) is 2.26. The topological polar surface area (TPSA) is 9.23 Å². The van der Waals surface area contributed by atoms with Crippen molar-refractivity contribution in [1.29, 1.82) is 0 Å². The van der Waals surface area contributed by atoms with Crippen molar-refractivity contribution in [3.05, 3.63) is 23.8 Å². The van der Waals surface area contributed by atoms with Gasteiger partial charge in [-0.2, -0.15) is 0 Å². The summed E-state index contributed by atoms with van der Waals surface area (Å²) >= 11 is 4.34. The average molecular weight is 210 g/mol. The van der Waals surface area contributed by atoms with Crippen LogP contribution < -0.4 is 4.74 Å². The van der Waals surface area contributed by atoms with E-state index in [1.807, 2.05) is 6.07 Å². The molecule has 0 N–H and O–H groups in total. The van der Waals surface area contributed by atoms with E-state index < -0.39 is 0 Å². The van der Waals surface area contributed by atoms with Crippen molar-refractivity contribution in [3.8, 4) is 5.75 Å². The van der Waals surface area contributed by atoms with E-state index in [4.69, 9.17) is 4.74 Å².